The fraction of sp³-hybridized carbons (Fsp3) is 0.562. The van der Waals surface area contributed by atoms with Crippen LogP contribution in [0.5, 0.6) is 5.75 Å². The van der Waals surface area contributed by atoms with E-state index in [2.05, 4.69) is 12.2 Å². The SMILES string of the molecule is CCN(C(=O)C1CCNC(C)C1)c1cc(O)ccc1C. The number of carbonyl (C=O) groups is 1. The van der Waals surface area contributed by atoms with Crippen LogP contribution in [0.4, 0.5) is 5.69 Å². The molecule has 0 radical (unpaired) electrons. The summed E-state index contributed by atoms with van der Waals surface area (Å²) < 4.78 is 0. The smallest absolute Gasteiger partial charge is 0.230 e. The first-order valence-electron chi connectivity index (χ1n) is 7.37. The Hall–Kier alpha value is -1.55. The van der Waals surface area contributed by atoms with E-state index in [0.717, 1.165) is 30.6 Å². The largest absolute Gasteiger partial charge is 0.508 e. The first-order valence-corrected chi connectivity index (χ1v) is 7.37. The molecule has 4 nitrogen and oxygen atoms in total. The first kappa shape index (κ1) is 14.9. The maximum atomic E-state index is 12.8. The molecule has 1 aliphatic heterocycles. The summed E-state index contributed by atoms with van der Waals surface area (Å²) in [5.41, 5.74) is 1.84. The molecule has 0 aromatic heterocycles. The van der Waals surface area contributed by atoms with Gasteiger partial charge in [0.25, 0.3) is 0 Å². The number of hydrogen-bond acceptors (Lipinski definition) is 3. The number of anilines is 1. The molecule has 2 atom stereocenters. The predicted molar refractivity (Wildman–Crippen MR) is 81.1 cm³/mol. The number of hydrogen-bond donors (Lipinski definition) is 2. The highest BCUT2D eigenvalue weighted by Crippen LogP contribution is 2.28. The summed E-state index contributed by atoms with van der Waals surface area (Å²) >= 11 is 0. The van der Waals surface area contributed by atoms with E-state index < -0.39 is 0 Å². The lowest BCUT2D eigenvalue weighted by atomic mass is 9.91. The van der Waals surface area contributed by atoms with Crippen molar-refractivity contribution in [3.05, 3.63) is 23.8 Å². The normalized spacial score (nSPS) is 22.6. The van der Waals surface area contributed by atoms with Gasteiger partial charge in [-0.25, -0.2) is 0 Å². The number of amides is 1. The number of benzene rings is 1. The Morgan fingerprint density at radius 1 is 1.50 bits per heavy atom. The Morgan fingerprint density at radius 3 is 2.90 bits per heavy atom. The molecule has 1 aromatic carbocycles. The highest BCUT2D eigenvalue weighted by molar-refractivity contribution is 5.96. The summed E-state index contributed by atoms with van der Waals surface area (Å²) in [5.74, 6) is 0.457. The molecule has 0 saturated carbocycles. The Balaban J connectivity index is 2.22. The summed E-state index contributed by atoms with van der Waals surface area (Å²) in [7, 11) is 0. The number of phenolic OH excluding ortho intramolecular Hbond substituents is 1. The number of phenols is 1. The van der Waals surface area contributed by atoms with E-state index in [4.69, 9.17) is 0 Å². The minimum absolute atomic E-state index is 0.0768. The van der Waals surface area contributed by atoms with Gasteiger partial charge in [-0.2, -0.15) is 0 Å². The quantitative estimate of drug-likeness (QED) is 0.891. The third-order valence-electron chi connectivity index (χ3n) is 4.04. The van der Waals surface area contributed by atoms with Gasteiger partial charge in [-0.1, -0.05) is 6.07 Å². The zero-order chi connectivity index (χ0) is 14.7. The molecule has 2 unspecified atom stereocenters. The average molecular weight is 276 g/mol. The Labute approximate surface area is 120 Å². The summed E-state index contributed by atoms with van der Waals surface area (Å²) in [6.45, 7) is 7.59. The molecule has 0 spiro atoms. The van der Waals surface area contributed by atoms with E-state index in [0.29, 0.717) is 12.6 Å². The van der Waals surface area contributed by atoms with E-state index in [1.165, 1.54) is 0 Å². The number of piperidine rings is 1. The zero-order valence-corrected chi connectivity index (χ0v) is 12.5. The molecule has 2 rings (SSSR count). The molecule has 1 aromatic rings. The van der Waals surface area contributed by atoms with Gasteiger partial charge in [0, 0.05) is 24.6 Å². The number of nitrogens with one attached hydrogen (secondary N) is 1. The molecule has 4 heteroatoms. The van der Waals surface area contributed by atoms with Gasteiger partial charge < -0.3 is 15.3 Å². The summed E-state index contributed by atoms with van der Waals surface area (Å²) in [6, 6.07) is 5.58. The first-order chi connectivity index (χ1) is 9.52. The van der Waals surface area contributed by atoms with Crippen molar-refractivity contribution in [2.75, 3.05) is 18.0 Å². The minimum Gasteiger partial charge on any atom is -0.508 e. The van der Waals surface area contributed by atoms with Gasteiger partial charge in [-0.3, -0.25) is 4.79 Å². The number of aryl methyl sites for hydroxylation is 1. The molecule has 20 heavy (non-hydrogen) atoms. The number of rotatable bonds is 3. The lowest BCUT2D eigenvalue weighted by Crippen LogP contribution is -2.44. The molecule has 0 bridgehead atoms. The van der Waals surface area contributed by atoms with E-state index in [-0.39, 0.29) is 17.6 Å². The molecule has 1 aliphatic rings. The predicted octanol–water partition coefficient (Wildman–Crippen LogP) is 2.44. The molecule has 2 N–H and O–H groups in total. The van der Waals surface area contributed by atoms with Gasteiger partial charge in [0.2, 0.25) is 5.91 Å². The number of nitrogens with zero attached hydrogens (tertiary/aromatic N) is 1. The van der Waals surface area contributed by atoms with Gasteiger partial charge in [-0.05, 0) is 51.8 Å². The Bertz CT molecular complexity index is 487. The number of carbonyl (C=O) groups excluding carboxylic acids is 1. The Morgan fingerprint density at radius 2 is 2.25 bits per heavy atom. The Kier molecular flexibility index (Phi) is 4.65. The van der Waals surface area contributed by atoms with Crippen LogP contribution in [0.15, 0.2) is 18.2 Å². The standard InChI is InChI=1S/C16H24N2O2/c1-4-18(15-10-14(19)6-5-11(15)2)16(20)13-7-8-17-12(3)9-13/h5-6,10,12-13,17,19H,4,7-9H2,1-3H3. The van der Waals surface area contributed by atoms with Crippen molar-refractivity contribution in [3.63, 3.8) is 0 Å². The van der Waals surface area contributed by atoms with Crippen LogP contribution in [0.3, 0.4) is 0 Å². The summed E-state index contributed by atoms with van der Waals surface area (Å²) in [6.07, 6.45) is 1.77. The van der Waals surface area contributed by atoms with Crippen molar-refractivity contribution in [1.29, 1.82) is 0 Å². The monoisotopic (exact) mass is 276 g/mol. The zero-order valence-electron chi connectivity index (χ0n) is 12.5. The van der Waals surface area contributed by atoms with Crippen LogP contribution in [-0.4, -0.2) is 30.1 Å². The van der Waals surface area contributed by atoms with Gasteiger partial charge in [0.15, 0.2) is 0 Å². The maximum Gasteiger partial charge on any atom is 0.230 e. The lowest BCUT2D eigenvalue weighted by molar-refractivity contribution is -0.123. The van der Waals surface area contributed by atoms with E-state index in [1.807, 2.05) is 19.9 Å². The second kappa shape index (κ2) is 6.27. The van der Waals surface area contributed by atoms with Crippen LogP contribution in [0.2, 0.25) is 0 Å². The van der Waals surface area contributed by atoms with E-state index in [1.54, 1.807) is 17.0 Å². The van der Waals surface area contributed by atoms with E-state index >= 15 is 0 Å². The third-order valence-corrected chi connectivity index (χ3v) is 4.04. The van der Waals surface area contributed by atoms with Gasteiger partial charge >= 0.3 is 0 Å². The minimum atomic E-state index is 0.0768. The third kappa shape index (κ3) is 3.12. The molecule has 0 aliphatic carbocycles. The fourth-order valence-electron chi connectivity index (χ4n) is 2.91. The van der Waals surface area contributed by atoms with Gasteiger partial charge in [-0.15, -0.1) is 0 Å². The van der Waals surface area contributed by atoms with Crippen LogP contribution in [-0.2, 0) is 4.79 Å². The molecule has 1 amide bonds. The average Bonchev–Trinajstić information content (AvgIpc) is 2.43. The van der Waals surface area contributed by atoms with Crippen LogP contribution in [0, 0.1) is 12.8 Å². The lowest BCUT2D eigenvalue weighted by Gasteiger charge is -2.32. The van der Waals surface area contributed by atoms with Crippen LogP contribution >= 0.6 is 0 Å². The second-order valence-corrected chi connectivity index (χ2v) is 5.63. The molecular formula is C16H24N2O2. The van der Waals surface area contributed by atoms with Crippen molar-refractivity contribution in [1.82, 2.24) is 5.32 Å². The second-order valence-electron chi connectivity index (χ2n) is 5.63. The van der Waals surface area contributed by atoms with Crippen LogP contribution < -0.4 is 10.2 Å². The highest BCUT2D eigenvalue weighted by atomic mass is 16.3. The number of aromatic hydroxyl groups is 1. The van der Waals surface area contributed by atoms with Crippen molar-refractivity contribution >= 4 is 11.6 Å². The highest BCUT2D eigenvalue weighted by Gasteiger charge is 2.29. The van der Waals surface area contributed by atoms with Gasteiger partial charge in [0.1, 0.15) is 5.75 Å². The van der Waals surface area contributed by atoms with Crippen LogP contribution in [0.1, 0.15) is 32.3 Å². The topological polar surface area (TPSA) is 52.6 Å². The molecule has 1 saturated heterocycles. The van der Waals surface area contributed by atoms with Gasteiger partial charge in [0.05, 0.1) is 5.69 Å². The summed E-state index contributed by atoms with van der Waals surface area (Å²) in [4.78, 5) is 14.6. The molecule has 1 heterocycles. The molecular weight excluding hydrogens is 252 g/mol. The fourth-order valence-corrected chi connectivity index (χ4v) is 2.91. The van der Waals surface area contributed by atoms with E-state index in [9.17, 15) is 9.90 Å². The maximum absolute atomic E-state index is 12.8. The molecule has 110 valence electrons. The molecule has 1 fully saturated rings. The van der Waals surface area contributed by atoms with Crippen molar-refractivity contribution in [2.45, 2.75) is 39.7 Å². The van der Waals surface area contributed by atoms with Crippen molar-refractivity contribution in [3.8, 4) is 5.75 Å². The summed E-state index contributed by atoms with van der Waals surface area (Å²) in [5, 5.41) is 13.0. The van der Waals surface area contributed by atoms with Crippen molar-refractivity contribution in [2.24, 2.45) is 5.92 Å². The van der Waals surface area contributed by atoms with Crippen LogP contribution in [0.25, 0.3) is 0 Å². The van der Waals surface area contributed by atoms with Crippen molar-refractivity contribution < 1.29 is 9.90 Å².